The Morgan fingerprint density at radius 3 is 2.74 bits per heavy atom. The summed E-state index contributed by atoms with van der Waals surface area (Å²) in [5.41, 5.74) is 0. The third-order valence-electron chi connectivity index (χ3n) is 2.77. The fourth-order valence-corrected chi connectivity index (χ4v) is 3.13. The lowest BCUT2D eigenvalue weighted by molar-refractivity contribution is -0.147. The van der Waals surface area contributed by atoms with Gasteiger partial charge in [0.25, 0.3) is 5.91 Å². The van der Waals surface area contributed by atoms with Crippen molar-refractivity contribution in [2.75, 3.05) is 19.7 Å². The number of carbonyl (C=O) groups is 2. The molecule has 0 saturated carbocycles. The topological polar surface area (TPSA) is 46.6 Å². The lowest BCUT2D eigenvalue weighted by Gasteiger charge is -2.14. The third-order valence-corrected chi connectivity index (χ3v) is 4.36. The molecule has 1 fully saturated rings. The molecule has 0 atom stereocenters. The number of esters is 1. The molecule has 0 spiro atoms. The van der Waals surface area contributed by atoms with Crippen molar-refractivity contribution in [1.29, 1.82) is 0 Å². The van der Waals surface area contributed by atoms with Crippen LogP contribution in [0.1, 0.15) is 17.7 Å². The fourth-order valence-electron chi connectivity index (χ4n) is 1.81. The maximum absolute atomic E-state index is 11.6. The summed E-state index contributed by atoms with van der Waals surface area (Å²) in [6.45, 7) is 1.38. The van der Waals surface area contributed by atoms with E-state index >= 15 is 0 Å². The molecule has 0 unspecified atom stereocenters. The van der Waals surface area contributed by atoms with E-state index in [4.69, 9.17) is 4.74 Å². The van der Waals surface area contributed by atoms with Crippen molar-refractivity contribution in [1.82, 2.24) is 4.90 Å². The molecule has 1 aliphatic rings. The molecule has 1 amide bonds. The van der Waals surface area contributed by atoms with E-state index in [0.29, 0.717) is 0 Å². The number of thiophene rings is 1. The van der Waals surface area contributed by atoms with Crippen LogP contribution in [0.4, 0.5) is 0 Å². The molecule has 1 saturated heterocycles. The summed E-state index contributed by atoms with van der Waals surface area (Å²) in [5.74, 6) is -0.602. The molecule has 4 nitrogen and oxygen atoms in total. The molecule has 102 valence electrons. The Hall–Kier alpha value is -1.14. The SMILES string of the molecule is O=C(C=Cc1ccc(Br)s1)OCC(=O)N1CCCC1. The highest BCUT2D eigenvalue weighted by molar-refractivity contribution is 9.11. The van der Waals surface area contributed by atoms with Gasteiger partial charge in [-0.1, -0.05) is 0 Å². The quantitative estimate of drug-likeness (QED) is 0.623. The van der Waals surface area contributed by atoms with Gasteiger partial charge in [0, 0.05) is 24.0 Å². The average Bonchev–Trinajstić information content (AvgIpc) is 3.04. The van der Waals surface area contributed by atoms with E-state index in [1.165, 1.54) is 17.4 Å². The monoisotopic (exact) mass is 343 g/mol. The van der Waals surface area contributed by atoms with Gasteiger partial charge in [-0.05, 0) is 47.0 Å². The number of carbonyl (C=O) groups excluding carboxylic acids is 2. The van der Waals surface area contributed by atoms with Crippen molar-refractivity contribution in [3.05, 3.63) is 26.9 Å². The van der Waals surface area contributed by atoms with E-state index in [0.717, 1.165) is 34.6 Å². The Morgan fingerprint density at radius 2 is 2.11 bits per heavy atom. The van der Waals surface area contributed by atoms with Gasteiger partial charge in [-0.15, -0.1) is 11.3 Å². The van der Waals surface area contributed by atoms with E-state index < -0.39 is 5.97 Å². The van der Waals surface area contributed by atoms with Gasteiger partial charge < -0.3 is 9.64 Å². The zero-order chi connectivity index (χ0) is 13.7. The maximum Gasteiger partial charge on any atom is 0.331 e. The lowest BCUT2D eigenvalue weighted by atomic mass is 10.4. The van der Waals surface area contributed by atoms with Crippen molar-refractivity contribution in [3.8, 4) is 0 Å². The number of amides is 1. The average molecular weight is 344 g/mol. The Labute approximate surface area is 124 Å². The standard InChI is InChI=1S/C13H14BrNO3S/c14-11-5-3-10(19-11)4-6-13(17)18-9-12(16)15-7-1-2-8-15/h3-6H,1-2,7-9H2. The number of halogens is 1. The molecule has 19 heavy (non-hydrogen) atoms. The number of hydrogen-bond acceptors (Lipinski definition) is 4. The number of hydrogen-bond donors (Lipinski definition) is 0. The van der Waals surface area contributed by atoms with Gasteiger partial charge in [-0.3, -0.25) is 4.79 Å². The minimum absolute atomic E-state index is 0.113. The number of nitrogens with zero attached hydrogens (tertiary/aromatic N) is 1. The molecule has 0 aromatic carbocycles. The van der Waals surface area contributed by atoms with Crippen LogP contribution in [0.25, 0.3) is 6.08 Å². The van der Waals surface area contributed by atoms with E-state index in [9.17, 15) is 9.59 Å². The van der Waals surface area contributed by atoms with Crippen LogP contribution >= 0.6 is 27.3 Å². The first kappa shape index (κ1) is 14.3. The highest BCUT2D eigenvalue weighted by Crippen LogP contribution is 2.22. The molecule has 0 N–H and O–H groups in total. The lowest BCUT2D eigenvalue weighted by Crippen LogP contribution is -2.31. The minimum Gasteiger partial charge on any atom is -0.452 e. The smallest absolute Gasteiger partial charge is 0.331 e. The summed E-state index contributed by atoms with van der Waals surface area (Å²) >= 11 is 4.87. The van der Waals surface area contributed by atoms with Crippen LogP contribution in [0.15, 0.2) is 22.0 Å². The van der Waals surface area contributed by atoms with Gasteiger partial charge in [-0.2, -0.15) is 0 Å². The van der Waals surface area contributed by atoms with E-state index in [2.05, 4.69) is 15.9 Å². The second-order valence-electron chi connectivity index (χ2n) is 4.17. The first-order valence-corrected chi connectivity index (χ1v) is 7.64. The van der Waals surface area contributed by atoms with Gasteiger partial charge in [-0.25, -0.2) is 4.79 Å². The van der Waals surface area contributed by atoms with Crippen molar-refractivity contribution >= 4 is 45.2 Å². The molecule has 0 radical (unpaired) electrons. The van der Waals surface area contributed by atoms with Crippen LogP contribution in [-0.4, -0.2) is 36.5 Å². The molecule has 1 aromatic rings. The molecular formula is C13H14BrNO3S. The minimum atomic E-state index is -0.489. The van der Waals surface area contributed by atoms with Crippen molar-refractivity contribution in [2.45, 2.75) is 12.8 Å². The van der Waals surface area contributed by atoms with Crippen LogP contribution in [0.2, 0.25) is 0 Å². The predicted molar refractivity (Wildman–Crippen MR) is 77.8 cm³/mol. The van der Waals surface area contributed by atoms with Gasteiger partial charge in [0.1, 0.15) is 0 Å². The molecule has 2 rings (SSSR count). The Kier molecular flexibility index (Phi) is 5.15. The molecule has 6 heteroatoms. The van der Waals surface area contributed by atoms with Gasteiger partial charge >= 0.3 is 5.97 Å². The summed E-state index contributed by atoms with van der Waals surface area (Å²) in [5, 5.41) is 0. The van der Waals surface area contributed by atoms with Crippen LogP contribution in [0.5, 0.6) is 0 Å². The first-order valence-electron chi connectivity index (χ1n) is 6.03. The summed E-state index contributed by atoms with van der Waals surface area (Å²) < 4.78 is 5.93. The van der Waals surface area contributed by atoms with Gasteiger partial charge in [0.05, 0.1) is 3.79 Å². The highest BCUT2D eigenvalue weighted by atomic mass is 79.9. The summed E-state index contributed by atoms with van der Waals surface area (Å²) in [6, 6.07) is 3.81. The Morgan fingerprint density at radius 1 is 1.37 bits per heavy atom. The third kappa shape index (κ3) is 4.47. The van der Waals surface area contributed by atoms with Crippen molar-refractivity contribution in [3.63, 3.8) is 0 Å². The van der Waals surface area contributed by atoms with Crippen molar-refractivity contribution in [2.24, 2.45) is 0 Å². The molecule has 0 bridgehead atoms. The molecule has 2 heterocycles. The zero-order valence-corrected chi connectivity index (χ0v) is 12.7. The van der Waals surface area contributed by atoms with E-state index in [1.807, 2.05) is 12.1 Å². The predicted octanol–water partition coefficient (Wildman–Crippen LogP) is 2.69. The van der Waals surface area contributed by atoms with Gasteiger partial charge in [0.15, 0.2) is 6.61 Å². The largest absolute Gasteiger partial charge is 0.452 e. The first-order chi connectivity index (χ1) is 9.15. The maximum atomic E-state index is 11.6. The number of ether oxygens (including phenoxy) is 1. The van der Waals surface area contributed by atoms with Crippen LogP contribution < -0.4 is 0 Å². The van der Waals surface area contributed by atoms with Crippen LogP contribution in [0, 0.1) is 0 Å². The fraction of sp³-hybridized carbons (Fsp3) is 0.385. The number of rotatable bonds is 4. The molecule has 1 aliphatic heterocycles. The number of likely N-dealkylation sites (tertiary alicyclic amines) is 1. The second kappa shape index (κ2) is 6.86. The molecule has 1 aromatic heterocycles. The molecular weight excluding hydrogens is 330 g/mol. The van der Waals surface area contributed by atoms with Gasteiger partial charge in [0.2, 0.25) is 0 Å². The summed E-state index contributed by atoms with van der Waals surface area (Å²) in [6.07, 6.45) is 5.09. The van der Waals surface area contributed by atoms with Crippen molar-refractivity contribution < 1.29 is 14.3 Å². The summed E-state index contributed by atoms with van der Waals surface area (Å²) in [4.78, 5) is 25.8. The van der Waals surface area contributed by atoms with E-state index in [1.54, 1.807) is 11.0 Å². The second-order valence-corrected chi connectivity index (χ2v) is 6.67. The normalized spacial score (nSPS) is 15.1. The highest BCUT2D eigenvalue weighted by Gasteiger charge is 2.18. The Balaban J connectivity index is 1.75. The summed E-state index contributed by atoms with van der Waals surface area (Å²) in [7, 11) is 0. The van der Waals surface area contributed by atoms with Crippen LogP contribution in [-0.2, 0) is 14.3 Å². The van der Waals surface area contributed by atoms with E-state index in [-0.39, 0.29) is 12.5 Å². The molecule has 0 aliphatic carbocycles. The Bertz CT molecular complexity index is 492. The zero-order valence-electron chi connectivity index (χ0n) is 10.3. The van der Waals surface area contributed by atoms with Crippen LogP contribution in [0.3, 0.4) is 0 Å².